The van der Waals surface area contributed by atoms with E-state index in [1.807, 2.05) is 23.6 Å². The number of thiophene rings is 1. The summed E-state index contributed by atoms with van der Waals surface area (Å²) in [5, 5.41) is 8.84. The molecule has 2 aromatic heterocycles. The molecular formula is C18H22N2O3S. The fraction of sp³-hybridized carbons (Fsp3) is 0.444. The van der Waals surface area contributed by atoms with Crippen molar-refractivity contribution < 1.29 is 14.1 Å². The molecule has 0 aromatic carbocycles. The largest absolute Gasteiger partial charge is 0.365 e. The Kier molecular flexibility index (Phi) is 6.20. The van der Waals surface area contributed by atoms with E-state index in [0.717, 1.165) is 17.1 Å². The third-order valence-electron chi connectivity index (χ3n) is 3.96. The van der Waals surface area contributed by atoms with Crippen molar-refractivity contribution >= 4 is 17.2 Å². The molecule has 0 bridgehead atoms. The summed E-state index contributed by atoms with van der Waals surface area (Å²) >= 11 is 1.60. The topological polar surface area (TPSA) is 64.4 Å². The quantitative estimate of drug-likeness (QED) is 0.736. The molecule has 1 N–H and O–H groups in total. The van der Waals surface area contributed by atoms with E-state index in [0.29, 0.717) is 12.2 Å². The molecule has 0 unspecified atom stereocenters. The van der Waals surface area contributed by atoms with E-state index in [1.54, 1.807) is 11.3 Å². The highest BCUT2D eigenvalue weighted by Gasteiger charge is 2.09. The Balaban J connectivity index is 1.32. The SMILES string of the molecule is O=C(COCc1cc(-c2cccs2)on1)NCCC1=CCCCC1. The number of nitrogens with one attached hydrogen (secondary N) is 1. The van der Waals surface area contributed by atoms with Gasteiger partial charge in [-0.25, -0.2) is 0 Å². The van der Waals surface area contributed by atoms with Crippen LogP contribution in [0.4, 0.5) is 0 Å². The monoisotopic (exact) mass is 346 g/mol. The van der Waals surface area contributed by atoms with Crippen LogP contribution in [0, 0.1) is 0 Å². The van der Waals surface area contributed by atoms with Crippen LogP contribution in [-0.2, 0) is 16.1 Å². The Hall–Kier alpha value is -1.92. The van der Waals surface area contributed by atoms with Crippen molar-refractivity contribution in [2.45, 2.75) is 38.7 Å². The minimum absolute atomic E-state index is 0.0419. The molecular weight excluding hydrogens is 324 g/mol. The molecule has 5 nitrogen and oxygen atoms in total. The number of ether oxygens (including phenoxy) is 1. The lowest BCUT2D eigenvalue weighted by Crippen LogP contribution is -2.28. The van der Waals surface area contributed by atoms with Crippen LogP contribution in [0.15, 0.2) is 39.8 Å². The van der Waals surface area contributed by atoms with Crippen molar-refractivity contribution in [3.63, 3.8) is 0 Å². The maximum absolute atomic E-state index is 11.8. The summed E-state index contributed by atoms with van der Waals surface area (Å²) in [6, 6.07) is 5.79. The van der Waals surface area contributed by atoms with Crippen LogP contribution in [-0.4, -0.2) is 24.2 Å². The maximum atomic E-state index is 11.8. The molecule has 0 radical (unpaired) electrons. The Morgan fingerprint density at radius 3 is 3.17 bits per heavy atom. The van der Waals surface area contributed by atoms with Crippen LogP contribution in [0.5, 0.6) is 0 Å². The summed E-state index contributed by atoms with van der Waals surface area (Å²) < 4.78 is 10.7. The first-order chi connectivity index (χ1) is 11.8. The molecule has 3 rings (SSSR count). The predicted molar refractivity (Wildman–Crippen MR) is 93.6 cm³/mol. The Morgan fingerprint density at radius 2 is 2.38 bits per heavy atom. The molecule has 0 atom stereocenters. The molecule has 6 heteroatoms. The molecule has 2 aromatic rings. The molecule has 0 spiro atoms. The molecule has 24 heavy (non-hydrogen) atoms. The van der Waals surface area contributed by atoms with Crippen LogP contribution in [0.2, 0.25) is 0 Å². The summed E-state index contributed by atoms with van der Waals surface area (Å²) in [5.74, 6) is 0.641. The van der Waals surface area contributed by atoms with Crippen molar-refractivity contribution in [1.82, 2.24) is 10.5 Å². The Morgan fingerprint density at radius 1 is 1.42 bits per heavy atom. The molecule has 1 aliphatic carbocycles. The zero-order valence-electron chi connectivity index (χ0n) is 13.6. The Bertz CT molecular complexity index is 676. The Labute approximate surface area is 145 Å². The number of aromatic nitrogens is 1. The summed E-state index contributed by atoms with van der Waals surface area (Å²) in [6.07, 6.45) is 8.16. The van der Waals surface area contributed by atoms with Gasteiger partial charge in [0.25, 0.3) is 0 Å². The van der Waals surface area contributed by atoms with Gasteiger partial charge >= 0.3 is 0 Å². The van der Waals surface area contributed by atoms with Gasteiger partial charge in [0.1, 0.15) is 12.3 Å². The van der Waals surface area contributed by atoms with E-state index in [9.17, 15) is 4.79 Å². The van der Waals surface area contributed by atoms with Gasteiger partial charge < -0.3 is 14.6 Å². The number of amides is 1. The van der Waals surface area contributed by atoms with E-state index in [1.165, 1.54) is 31.3 Å². The van der Waals surface area contributed by atoms with Gasteiger partial charge in [-0.1, -0.05) is 22.9 Å². The summed E-state index contributed by atoms with van der Waals surface area (Å²) in [5.41, 5.74) is 2.16. The van der Waals surface area contributed by atoms with E-state index in [2.05, 4.69) is 16.5 Å². The first-order valence-electron chi connectivity index (χ1n) is 8.33. The average molecular weight is 346 g/mol. The van der Waals surface area contributed by atoms with Crippen LogP contribution >= 0.6 is 11.3 Å². The highest BCUT2D eigenvalue weighted by molar-refractivity contribution is 7.13. The normalized spacial score (nSPS) is 14.4. The van der Waals surface area contributed by atoms with Gasteiger partial charge in [-0.05, 0) is 43.6 Å². The number of carbonyl (C=O) groups excluding carboxylic acids is 1. The number of nitrogens with zero attached hydrogens (tertiary/aromatic N) is 1. The lowest BCUT2D eigenvalue weighted by molar-refractivity contribution is -0.126. The molecule has 0 fully saturated rings. The number of allylic oxidation sites excluding steroid dienone is 1. The molecule has 0 saturated carbocycles. The smallest absolute Gasteiger partial charge is 0.246 e. The van der Waals surface area contributed by atoms with E-state index >= 15 is 0 Å². The van der Waals surface area contributed by atoms with Crippen molar-refractivity contribution in [3.8, 4) is 10.6 Å². The number of hydrogen-bond acceptors (Lipinski definition) is 5. The third-order valence-corrected chi connectivity index (χ3v) is 4.84. The van der Waals surface area contributed by atoms with Crippen LogP contribution in [0.1, 0.15) is 37.8 Å². The van der Waals surface area contributed by atoms with Crippen LogP contribution in [0.25, 0.3) is 10.6 Å². The number of rotatable bonds is 8. The third kappa shape index (κ3) is 5.04. The lowest BCUT2D eigenvalue weighted by Gasteiger charge is -2.12. The predicted octanol–water partition coefficient (Wildman–Crippen LogP) is 3.93. The second-order valence-electron chi connectivity index (χ2n) is 5.86. The van der Waals surface area contributed by atoms with Gasteiger partial charge in [-0.2, -0.15) is 0 Å². The molecule has 0 saturated heterocycles. The van der Waals surface area contributed by atoms with Crippen LogP contribution < -0.4 is 5.32 Å². The van der Waals surface area contributed by atoms with E-state index in [4.69, 9.17) is 9.26 Å². The van der Waals surface area contributed by atoms with Gasteiger partial charge in [-0.3, -0.25) is 4.79 Å². The van der Waals surface area contributed by atoms with Crippen LogP contribution in [0.3, 0.4) is 0 Å². The van der Waals surface area contributed by atoms with E-state index < -0.39 is 0 Å². The van der Waals surface area contributed by atoms with Crippen molar-refractivity contribution in [2.75, 3.05) is 13.2 Å². The first-order valence-corrected chi connectivity index (χ1v) is 9.21. The fourth-order valence-corrected chi connectivity index (χ4v) is 3.38. The van der Waals surface area contributed by atoms with E-state index in [-0.39, 0.29) is 19.1 Å². The maximum Gasteiger partial charge on any atom is 0.246 e. The molecule has 1 aliphatic rings. The minimum Gasteiger partial charge on any atom is -0.365 e. The minimum atomic E-state index is -0.0895. The van der Waals surface area contributed by atoms with Gasteiger partial charge in [0.05, 0.1) is 11.5 Å². The molecule has 1 amide bonds. The zero-order chi connectivity index (χ0) is 16.6. The highest BCUT2D eigenvalue weighted by Crippen LogP contribution is 2.25. The lowest BCUT2D eigenvalue weighted by atomic mass is 9.97. The summed E-state index contributed by atoms with van der Waals surface area (Å²) in [4.78, 5) is 12.8. The molecule has 2 heterocycles. The fourth-order valence-electron chi connectivity index (χ4n) is 2.71. The van der Waals surface area contributed by atoms with Crippen molar-refractivity contribution in [1.29, 1.82) is 0 Å². The second-order valence-corrected chi connectivity index (χ2v) is 6.81. The van der Waals surface area contributed by atoms with Gasteiger partial charge in [0, 0.05) is 12.6 Å². The van der Waals surface area contributed by atoms with Crippen molar-refractivity contribution in [2.24, 2.45) is 0 Å². The van der Waals surface area contributed by atoms with Gasteiger partial charge in [0.15, 0.2) is 5.76 Å². The molecule has 128 valence electrons. The van der Waals surface area contributed by atoms with Gasteiger partial charge in [0.2, 0.25) is 5.91 Å². The number of carbonyl (C=O) groups is 1. The summed E-state index contributed by atoms with van der Waals surface area (Å²) in [7, 11) is 0. The van der Waals surface area contributed by atoms with Crippen molar-refractivity contribution in [3.05, 3.63) is 40.9 Å². The standard InChI is InChI=1S/C18H22N2O3S/c21-18(19-9-8-14-5-2-1-3-6-14)13-22-12-15-11-16(23-20-15)17-7-4-10-24-17/h4-5,7,10-11H,1-3,6,8-9,12-13H2,(H,19,21). The zero-order valence-corrected chi connectivity index (χ0v) is 14.4. The first kappa shape index (κ1) is 16.9. The number of hydrogen-bond donors (Lipinski definition) is 1. The van der Waals surface area contributed by atoms with Gasteiger partial charge in [-0.15, -0.1) is 11.3 Å². The summed E-state index contributed by atoms with van der Waals surface area (Å²) in [6.45, 7) is 0.994. The average Bonchev–Trinajstić information content (AvgIpc) is 3.27. The highest BCUT2D eigenvalue weighted by atomic mass is 32.1. The molecule has 0 aliphatic heterocycles. The second kappa shape index (κ2) is 8.80.